The van der Waals surface area contributed by atoms with Gasteiger partial charge in [0.15, 0.2) is 5.76 Å². The van der Waals surface area contributed by atoms with E-state index in [0.29, 0.717) is 17.0 Å². The van der Waals surface area contributed by atoms with Crippen LogP contribution in [0, 0.1) is 5.82 Å². The third-order valence-corrected chi connectivity index (χ3v) is 4.91. The van der Waals surface area contributed by atoms with Crippen molar-refractivity contribution in [3.05, 3.63) is 108 Å². The average molecular weight is 424 g/mol. The third-order valence-electron chi connectivity index (χ3n) is 4.91. The predicted octanol–water partition coefficient (Wildman–Crippen LogP) is 5.19. The lowest BCUT2D eigenvalue weighted by atomic mass is 10.2. The summed E-state index contributed by atoms with van der Waals surface area (Å²) >= 11 is 0. The summed E-state index contributed by atoms with van der Waals surface area (Å²) in [4.78, 5) is 12.3. The van der Waals surface area contributed by atoms with E-state index in [1.54, 1.807) is 16.9 Å². The van der Waals surface area contributed by atoms with Gasteiger partial charge in [0.05, 0.1) is 17.5 Å². The first-order valence-electron chi connectivity index (χ1n) is 9.91. The van der Waals surface area contributed by atoms with E-state index in [4.69, 9.17) is 4.42 Å². The van der Waals surface area contributed by atoms with Gasteiger partial charge in [-0.2, -0.15) is 10.2 Å². The molecule has 0 bridgehead atoms. The molecule has 156 valence electrons. The zero-order valence-corrected chi connectivity index (χ0v) is 16.8. The number of hydrogen-bond donors (Lipinski definition) is 1. The molecule has 3 aromatic carbocycles. The van der Waals surface area contributed by atoms with Crippen LogP contribution >= 0.6 is 0 Å². The lowest BCUT2D eigenvalue weighted by Gasteiger charge is -2.00. The Kier molecular flexibility index (Phi) is 5.05. The number of fused-ring (bicyclic) bond motifs is 1. The topological polar surface area (TPSA) is 72.4 Å². The Morgan fingerprint density at radius 3 is 2.56 bits per heavy atom. The van der Waals surface area contributed by atoms with Crippen LogP contribution in [0.5, 0.6) is 0 Å². The van der Waals surface area contributed by atoms with Crippen LogP contribution in [0.15, 0.2) is 101 Å². The maximum Gasteiger partial charge on any atom is 0.274 e. The van der Waals surface area contributed by atoms with Crippen molar-refractivity contribution < 1.29 is 13.6 Å². The van der Waals surface area contributed by atoms with Crippen molar-refractivity contribution in [1.82, 2.24) is 15.2 Å². The largest absolute Gasteiger partial charge is 0.454 e. The fourth-order valence-electron chi connectivity index (χ4n) is 3.35. The van der Waals surface area contributed by atoms with Gasteiger partial charge in [0, 0.05) is 17.1 Å². The number of para-hydroxylation sites is 2. The number of furan rings is 1. The number of rotatable bonds is 5. The van der Waals surface area contributed by atoms with Gasteiger partial charge >= 0.3 is 0 Å². The van der Waals surface area contributed by atoms with Gasteiger partial charge in [0.25, 0.3) is 5.91 Å². The summed E-state index contributed by atoms with van der Waals surface area (Å²) in [6, 6.07) is 24.9. The first-order chi connectivity index (χ1) is 15.7. The van der Waals surface area contributed by atoms with Gasteiger partial charge in [-0.25, -0.2) is 14.5 Å². The second kappa shape index (κ2) is 8.31. The molecule has 0 saturated carbocycles. The maximum absolute atomic E-state index is 13.8. The molecule has 1 amide bonds. The van der Waals surface area contributed by atoms with Gasteiger partial charge in [-0.3, -0.25) is 4.79 Å². The van der Waals surface area contributed by atoms with Crippen LogP contribution in [-0.4, -0.2) is 21.9 Å². The van der Waals surface area contributed by atoms with Crippen molar-refractivity contribution in [2.45, 2.75) is 0 Å². The van der Waals surface area contributed by atoms with Crippen molar-refractivity contribution >= 4 is 23.1 Å². The SMILES string of the molecule is O=C(NN=Cc1cn(-c2ccccc2)nc1-c1cc2ccccc2o1)c1ccccc1F. The zero-order chi connectivity index (χ0) is 21.9. The lowest BCUT2D eigenvalue weighted by Crippen LogP contribution is -2.18. The van der Waals surface area contributed by atoms with Crippen LogP contribution in [0.2, 0.25) is 0 Å². The Balaban J connectivity index is 1.50. The van der Waals surface area contributed by atoms with Crippen LogP contribution in [0.4, 0.5) is 4.39 Å². The maximum atomic E-state index is 13.8. The first kappa shape index (κ1) is 19.4. The van der Waals surface area contributed by atoms with Crippen molar-refractivity contribution in [3.8, 4) is 17.1 Å². The van der Waals surface area contributed by atoms with Gasteiger partial charge in [0.1, 0.15) is 17.1 Å². The van der Waals surface area contributed by atoms with Crippen LogP contribution in [0.1, 0.15) is 15.9 Å². The van der Waals surface area contributed by atoms with E-state index in [2.05, 4.69) is 15.6 Å². The normalized spacial score (nSPS) is 11.3. The van der Waals surface area contributed by atoms with E-state index in [9.17, 15) is 9.18 Å². The van der Waals surface area contributed by atoms with Crippen LogP contribution < -0.4 is 5.43 Å². The molecule has 32 heavy (non-hydrogen) atoms. The highest BCUT2D eigenvalue weighted by Gasteiger charge is 2.16. The van der Waals surface area contributed by atoms with Crippen LogP contribution in [-0.2, 0) is 0 Å². The van der Waals surface area contributed by atoms with Crippen molar-refractivity contribution in [2.75, 3.05) is 0 Å². The predicted molar refractivity (Wildman–Crippen MR) is 120 cm³/mol. The van der Waals surface area contributed by atoms with Crippen molar-refractivity contribution in [3.63, 3.8) is 0 Å². The quantitative estimate of drug-likeness (QED) is 0.312. The van der Waals surface area contributed by atoms with E-state index in [1.165, 1.54) is 24.4 Å². The molecule has 2 heterocycles. The molecule has 5 rings (SSSR count). The van der Waals surface area contributed by atoms with E-state index < -0.39 is 11.7 Å². The molecular weight excluding hydrogens is 407 g/mol. The molecular formula is C25H17FN4O2. The van der Waals surface area contributed by atoms with Gasteiger partial charge in [-0.1, -0.05) is 48.5 Å². The molecule has 0 fully saturated rings. The molecule has 0 aliphatic rings. The van der Waals surface area contributed by atoms with Gasteiger partial charge in [-0.15, -0.1) is 0 Å². The summed E-state index contributed by atoms with van der Waals surface area (Å²) in [5.74, 6) is -0.678. The van der Waals surface area contributed by atoms with Gasteiger partial charge in [-0.05, 0) is 36.4 Å². The Bertz CT molecular complexity index is 1400. The van der Waals surface area contributed by atoms with Crippen molar-refractivity contribution in [2.24, 2.45) is 5.10 Å². The minimum absolute atomic E-state index is 0.0814. The van der Waals surface area contributed by atoms with Gasteiger partial charge in [0.2, 0.25) is 0 Å². The fraction of sp³-hybridized carbons (Fsp3) is 0. The number of nitrogens with one attached hydrogen (secondary N) is 1. The molecule has 0 atom stereocenters. The third kappa shape index (κ3) is 3.79. The molecule has 0 spiro atoms. The fourth-order valence-corrected chi connectivity index (χ4v) is 3.35. The number of benzene rings is 3. The summed E-state index contributed by atoms with van der Waals surface area (Å²) in [6.07, 6.45) is 3.25. The summed E-state index contributed by atoms with van der Waals surface area (Å²) in [6.45, 7) is 0. The van der Waals surface area contributed by atoms with E-state index in [-0.39, 0.29) is 5.56 Å². The lowest BCUT2D eigenvalue weighted by molar-refractivity contribution is 0.0951. The number of amides is 1. The summed E-state index contributed by atoms with van der Waals surface area (Å²) in [5.41, 5.74) is 5.08. The number of carbonyl (C=O) groups is 1. The van der Waals surface area contributed by atoms with E-state index in [0.717, 1.165) is 16.7 Å². The van der Waals surface area contributed by atoms with E-state index >= 15 is 0 Å². The smallest absolute Gasteiger partial charge is 0.274 e. The molecule has 6 nitrogen and oxygen atoms in total. The minimum Gasteiger partial charge on any atom is -0.454 e. The molecule has 0 saturated heterocycles. The number of nitrogens with zero attached hydrogens (tertiary/aromatic N) is 3. The molecule has 1 N–H and O–H groups in total. The summed E-state index contributed by atoms with van der Waals surface area (Å²) < 4.78 is 21.5. The Labute approximate surface area is 182 Å². The molecule has 0 aliphatic heterocycles. The Morgan fingerprint density at radius 2 is 1.75 bits per heavy atom. The number of carbonyl (C=O) groups excluding carboxylic acids is 1. The monoisotopic (exact) mass is 424 g/mol. The standard InChI is InChI=1S/C25H17FN4O2/c26-21-12-6-5-11-20(21)25(31)28-27-15-18-16-30(19-9-2-1-3-10-19)29-24(18)23-14-17-8-4-7-13-22(17)32-23/h1-16H,(H,28,31). The number of hydrazone groups is 1. The molecule has 5 aromatic rings. The molecule has 0 aliphatic carbocycles. The molecule has 2 aromatic heterocycles. The number of aromatic nitrogens is 2. The zero-order valence-electron chi connectivity index (χ0n) is 16.8. The highest BCUT2D eigenvalue weighted by molar-refractivity contribution is 5.96. The second-order valence-corrected chi connectivity index (χ2v) is 7.04. The Morgan fingerprint density at radius 1 is 1.00 bits per heavy atom. The molecule has 0 radical (unpaired) electrons. The number of hydrogen-bond acceptors (Lipinski definition) is 4. The highest BCUT2D eigenvalue weighted by atomic mass is 19.1. The highest BCUT2D eigenvalue weighted by Crippen LogP contribution is 2.29. The first-order valence-corrected chi connectivity index (χ1v) is 9.91. The summed E-state index contributed by atoms with van der Waals surface area (Å²) in [5, 5.41) is 9.65. The van der Waals surface area contributed by atoms with Crippen molar-refractivity contribution in [1.29, 1.82) is 0 Å². The van der Waals surface area contributed by atoms with Gasteiger partial charge < -0.3 is 4.42 Å². The molecule has 0 unspecified atom stereocenters. The van der Waals surface area contributed by atoms with Crippen LogP contribution in [0.25, 0.3) is 28.1 Å². The number of halogens is 1. The second-order valence-electron chi connectivity index (χ2n) is 7.04. The minimum atomic E-state index is -0.639. The summed E-state index contributed by atoms with van der Waals surface area (Å²) in [7, 11) is 0. The molecule has 7 heteroatoms. The van der Waals surface area contributed by atoms with E-state index in [1.807, 2.05) is 60.7 Å². The Hall–Kier alpha value is -4.52. The van der Waals surface area contributed by atoms with Crippen LogP contribution in [0.3, 0.4) is 0 Å². The average Bonchev–Trinajstić information content (AvgIpc) is 3.44.